The second kappa shape index (κ2) is 7.62. The zero-order chi connectivity index (χ0) is 18.1. The number of thioether (sulfide) groups is 2. The molecular formula is C20H20N2OS3. The summed E-state index contributed by atoms with van der Waals surface area (Å²) >= 11 is 5.62. The predicted molar refractivity (Wildman–Crippen MR) is 114 cm³/mol. The van der Waals surface area contributed by atoms with Crippen LogP contribution in [0.1, 0.15) is 38.5 Å². The van der Waals surface area contributed by atoms with Crippen molar-refractivity contribution in [2.45, 2.75) is 17.5 Å². The molecule has 1 aliphatic heterocycles. The molecule has 3 aromatic rings. The average Bonchev–Trinajstić information content (AvgIpc) is 3.36. The molecule has 1 saturated heterocycles. The third kappa shape index (κ3) is 3.50. The van der Waals surface area contributed by atoms with Gasteiger partial charge in [0, 0.05) is 24.1 Å². The highest BCUT2D eigenvalue weighted by Crippen LogP contribution is 2.45. The first kappa shape index (κ1) is 17.9. The van der Waals surface area contributed by atoms with E-state index in [2.05, 4.69) is 18.2 Å². The highest BCUT2D eigenvalue weighted by atomic mass is 32.2. The molecule has 3 nitrogen and oxygen atoms in total. The Morgan fingerprint density at radius 1 is 1.12 bits per heavy atom. The lowest BCUT2D eigenvalue weighted by molar-refractivity contribution is 0.0742. The Morgan fingerprint density at radius 2 is 1.81 bits per heavy atom. The zero-order valence-corrected chi connectivity index (χ0v) is 17.2. The monoisotopic (exact) mass is 400 g/mol. The maximum atomic E-state index is 12.9. The number of amides is 1. The predicted octanol–water partition coefficient (Wildman–Crippen LogP) is 5.61. The SMILES string of the molecule is C[C@@H](c1nc2ccccc2s1)N(C)C(=O)c1ccc(C2SCCS2)cc1. The number of thiazole rings is 1. The molecule has 0 unspecified atom stereocenters. The maximum absolute atomic E-state index is 12.9. The van der Waals surface area contributed by atoms with Gasteiger partial charge < -0.3 is 4.90 Å². The molecule has 4 rings (SSSR count). The number of benzene rings is 2. The smallest absolute Gasteiger partial charge is 0.254 e. The Balaban J connectivity index is 1.51. The Bertz CT molecular complexity index is 883. The first-order valence-corrected chi connectivity index (χ1v) is 11.5. The largest absolute Gasteiger partial charge is 0.333 e. The number of fused-ring (bicyclic) bond motifs is 1. The van der Waals surface area contributed by atoms with Gasteiger partial charge in [-0.1, -0.05) is 24.3 Å². The number of hydrogen-bond acceptors (Lipinski definition) is 5. The Morgan fingerprint density at radius 3 is 2.50 bits per heavy atom. The quantitative estimate of drug-likeness (QED) is 0.570. The Hall–Kier alpha value is -1.50. The molecule has 2 heterocycles. The van der Waals surface area contributed by atoms with Gasteiger partial charge in [-0.15, -0.1) is 34.9 Å². The van der Waals surface area contributed by atoms with Crippen LogP contribution in [0.25, 0.3) is 10.2 Å². The highest BCUT2D eigenvalue weighted by molar-refractivity contribution is 8.19. The van der Waals surface area contributed by atoms with Crippen molar-refractivity contribution in [2.24, 2.45) is 0 Å². The third-order valence-electron chi connectivity index (χ3n) is 4.62. The maximum Gasteiger partial charge on any atom is 0.254 e. The van der Waals surface area contributed by atoms with Crippen molar-refractivity contribution in [1.82, 2.24) is 9.88 Å². The first-order chi connectivity index (χ1) is 12.6. The molecule has 134 valence electrons. The zero-order valence-electron chi connectivity index (χ0n) is 14.7. The van der Waals surface area contributed by atoms with Crippen molar-refractivity contribution in [3.05, 3.63) is 64.7 Å². The van der Waals surface area contributed by atoms with Gasteiger partial charge in [-0.2, -0.15) is 0 Å². The number of para-hydroxylation sites is 1. The van der Waals surface area contributed by atoms with Crippen molar-refractivity contribution < 1.29 is 4.79 Å². The molecule has 0 spiro atoms. The van der Waals surface area contributed by atoms with Crippen LogP contribution in [0.15, 0.2) is 48.5 Å². The molecule has 2 aromatic carbocycles. The topological polar surface area (TPSA) is 33.2 Å². The van der Waals surface area contributed by atoms with E-state index in [4.69, 9.17) is 4.98 Å². The molecule has 0 radical (unpaired) electrons. The molecule has 6 heteroatoms. The fourth-order valence-electron chi connectivity index (χ4n) is 2.95. The van der Waals surface area contributed by atoms with Crippen molar-refractivity contribution in [3.63, 3.8) is 0 Å². The number of nitrogens with zero attached hydrogens (tertiary/aromatic N) is 2. The summed E-state index contributed by atoms with van der Waals surface area (Å²) in [5.41, 5.74) is 3.03. The van der Waals surface area contributed by atoms with Gasteiger partial charge in [-0.05, 0) is 36.8 Å². The number of aromatic nitrogens is 1. The van der Waals surface area contributed by atoms with Gasteiger partial charge >= 0.3 is 0 Å². The highest BCUT2D eigenvalue weighted by Gasteiger charge is 2.23. The Kier molecular flexibility index (Phi) is 5.25. The minimum Gasteiger partial charge on any atom is -0.333 e. The molecule has 1 atom stereocenters. The lowest BCUT2D eigenvalue weighted by Crippen LogP contribution is -2.29. The first-order valence-electron chi connectivity index (χ1n) is 8.59. The van der Waals surface area contributed by atoms with Crippen LogP contribution in [-0.4, -0.2) is 34.3 Å². The summed E-state index contributed by atoms with van der Waals surface area (Å²) in [6.07, 6.45) is 0. The molecule has 1 aromatic heterocycles. The summed E-state index contributed by atoms with van der Waals surface area (Å²) in [5, 5.41) is 0.970. The lowest BCUT2D eigenvalue weighted by Gasteiger charge is -2.23. The number of hydrogen-bond donors (Lipinski definition) is 0. The molecule has 0 N–H and O–H groups in total. The van der Waals surface area contributed by atoms with Gasteiger partial charge in [0.05, 0.1) is 20.8 Å². The standard InChI is InChI=1S/C20H20N2OS3/c1-13(18-21-16-5-3-4-6-17(16)26-18)22(2)19(23)14-7-9-15(10-8-14)20-24-11-12-25-20/h3-10,13,20H,11-12H2,1-2H3/t13-/m0/s1. The fraction of sp³-hybridized carbons (Fsp3) is 0.300. The summed E-state index contributed by atoms with van der Waals surface area (Å²) in [6.45, 7) is 2.04. The molecule has 0 bridgehead atoms. The molecule has 0 aliphatic carbocycles. The number of carbonyl (C=O) groups excluding carboxylic acids is 1. The van der Waals surface area contributed by atoms with Crippen molar-refractivity contribution in [1.29, 1.82) is 0 Å². The molecule has 1 fully saturated rings. The summed E-state index contributed by atoms with van der Waals surface area (Å²) in [5.74, 6) is 2.45. The fourth-order valence-corrected chi connectivity index (χ4v) is 6.87. The van der Waals surface area contributed by atoms with Gasteiger partial charge in [0.15, 0.2) is 0 Å². The van der Waals surface area contributed by atoms with E-state index in [-0.39, 0.29) is 11.9 Å². The van der Waals surface area contributed by atoms with Crippen LogP contribution >= 0.6 is 34.9 Å². The normalized spacial score (nSPS) is 16.1. The van der Waals surface area contributed by atoms with Crippen LogP contribution in [0.4, 0.5) is 0 Å². The van der Waals surface area contributed by atoms with Gasteiger partial charge in [0.2, 0.25) is 0 Å². The molecular weight excluding hydrogens is 380 g/mol. The van der Waals surface area contributed by atoms with E-state index in [1.54, 1.807) is 16.2 Å². The number of carbonyl (C=O) groups is 1. The average molecular weight is 401 g/mol. The van der Waals surface area contributed by atoms with Gasteiger partial charge in [-0.25, -0.2) is 4.98 Å². The van der Waals surface area contributed by atoms with E-state index < -0.39 is 0 Å². The van der Waals surface area contributed by atoms with E-state index in [9.17, 15) is 4.79 Å². The van der Waals surface area contributed by atoms with Crippen molar-refractivity contribution >= 4 is 51.0 Å². The second-order valence-electron chi connectivity index (χ2n) is 6.31. The molecule has 1 amide bonds. The van der Waals surface area contributed by atoms with E-state index in [1.165, 1.54) is 17.1 Å². The second-order valence-corrected chi connectivity index (χ2v) is 10.1. The summed E-state index contributed by atoms with van der Waals surface area (Å²) in [4.78, 5) is 19.4. The van der Waals surface area contributed by atoms with Crippen LogP contribution in [0.2, 0.25) is 0 Å². The third-order valence-corrected chi connectivity index (χ3v) is 8.93. The lowest BCUT2D eigenvalue weighted by atomic mass is 10.1. The van der Waals surface area contributed by atoms with Gasteiger partial charge in [0.1, 0.15) is 5.01 Å². The van der Waals surface area contributed by atoms with Crippen LogP contribution in [0.5, 0.6) is 0 Å². The van der Waals surface area contributed by atoms with E-state index in [0.717, 1.165) is 20.8 Å². The van der Waals surface area contributed by atoms with E-state index >= 15 is 0 Å². The van der Waals surface area contributed by atoms with Crippen LogP contribution in [-0.2, 0) is 0 Å². The van der Waals surface area contributed by atoms with E-state index in [0.29, 0.717) is 4.58 Å². The minimum absolute atomic E-state index is 0.0371. The number of rotatable bonds is 4. The summed E-state index contributed by atoms with van der Waals surface area (Å²) in [7, 11) is 1.86. The molecule has 1 aliphatic rings. The van der Waals surface area contributed by atoms with Crippen LogP contribution in [0, 0.1) is 0 Å². The minimum atomic E-state index is -0.0551. The van der Waals surface area contributed by atoms with Crippen molar-refractivity contribution in [2.75, 3.05) is 18.6 Å². The van der Waals surface area contributed by atoms with Crippen LogP contribution in [0.3, 0.4) is 0 Å². The van der Waals surface area contributed by atoms with Gasteiger partial charge in [-0.3, -0.25) is 4.79 Å². The molecule has 26 heavy (non-hydrogen) atoms. The van der Waals surface area contributed by atoms with E-state index in [1.807, 2.05) is 67.8 Å². The summed E-state index contributed by atoms with van der Waals surface area (Å²) < 4.78 is 1.67. The van der Waals surface area contributed by atoms with Crippen molar-refractivity contribution in [3.8, 4) is 0 Å². The van der Waals surface area contributed by atoms with Gasteiger partial charge in [0.25, 0.3) is 5.91 Å². The summed E-state index contributed by atoms with van der Waals surface area (Å²) in [6, 6.07) is 16.2. The Labute approximate surface area is 166 Å². The van der Waals surface area contributed by atoms with Crippen LogP contribution < -0.4 is 0 Å². The molecule has 0 saturated carbocycles.